The normalized spacial score (nSPS) is 11.8. The van der Waals surface area contributed by atoms with Crippen LogP contribution in [-0.2, 0) is 19.1 Å². The molecule has 1 aromatic carbocycles. The van der Waals surface area contributed by atoms with Crippen molar-refractivity contribution >= 4 is 18.0 Å². The lowest BCUT2D eigenvalue weighted by Crippen LogP contribution is -2.19. The van der Waals surface area contributed by atoms with Crippen molar-refractivity contribution in [2.24, 2.45) is 0 Å². The van der Waals surface area contributed by atoms with Crippen molar-refractivity contribution in [1.82, 2.24) is 0 Å². The van der Waals surface area contributed by atoms with Gasteiger partial charge in [0, 0.05) is 0 Å². The van der Waals surface area contributed by atoms with Crippen LogP contribution in [0.4, 0.5) is 0 Å². The Morgan fingerprint density at radius 1 is 1.00 bits per heavy atom. The summed E-state index contributed by atoms with van der Waals surface area (Å²) in [6.07, 6.45) is 4.75. The standard InChI is InChI=1S/C19H24O6/c1-3-5-9-22-18(20)15(19(21)23-10-6-4-2)11-14-7-8-16-17(12-14)25-13-24-16/h7-8,11-12H,3-6,9-10,13H2,1-2H3. The van der Waals surface area contributed by atoms with E-state index in [1.54, 1.807) is 18.2 Å². The molecule has 0 N–H and O–H groups in total. The van der Waals surface area contributed by atoms with Gasteiger partial charge in [-0.1, -0.05) is 32.8 Å². The first-order valence-corrected chi connectivity index (χ1v) is 8.61. The van der Waals surface area contributed by atoms with E-state index in [1.165, 1.54) is 6.08 Å². The molecule has 1 aliphatic rings. The Kier molecular flexibility index (Phi) is 7.32. The molecule has 0 bridgehead atoms. The molecule has 2 rings (SSSR count). The monoisotopic (exact) mass is 348 g/mol. The third-order valence-electron chi connectivity index (χ3n) is 3.61. The van der Waals surface area contributed by atoms with Crippen LogP contribution >= 0.6 is 0 Å². The van der Waals surface area contributed by atoms with Gasteiger partial charge in [0.1, 0.15) is 5.57 Å². The van der Waals surface area contributed by atoms with E-state index in [-0.39, 0.29) is 25.6 Å². The molecule has 25 heavy (non-hydrogen) atoms. The van der Waals surface area contributed by atoms with Gasteiger partial charge >= 0.3 is 11.9 Å². The van der Waals surface area contributed by atoms with E-state index in [2.05, 4.69) is 0 Å². The van der Waals surface area contributed by atoms with Gasteiger partial charge in [0.05, 0.1) is 13.2 Å². The second-order valence-electron chi connectivity index (χ2n) is 5.65. The molecular weight excluding hydrogens is 324 g/mol. The van der Waals surface area contributed by atoms with E-state index in [0.29, 0.717) is 17.1 Å². The summed E-state index contributed by atoms with van der Waals surface area (Å²) in [5.41, 5.74) is 0.519. The maximum atomic E-state index is 12.3. The van der Waals surface area contributed by atoms with Crippen molar-refractivity contribution in [3.05, 3.63) is 29.3 Å². The number of esters is 2. The summed E-state index contributed by atoms with van der Waals surface area (Å²) in [6, 6.07) is 5.18. The van der Waals surface area contributed by atoms with Crippen LogP contribution in [0.2, 0.25) is 0 Å². The number of ether oxygens (including phenoxy) is 4. The Labute approximate surface area is 147 Å². The van der Waals surface area contributed by atoms with Gasteiger partial charge in [-0.05, 0) is 36.6 Å². The molecule has 6 nitrogen and oxygen atoms in total. The first-order chi connectivity index (χ1) is 12.2. The minimum absolute atomic E-state index is 0.119. The van der Waals surface area contributed by atoms with Gasteiger partial charge < -0.3 is 18.9 Å². The minimum atomic E-state index is -0.674. The van der Waals surface area contributed by atoms with Crippen molar-refractivity contribution < 1.29 is 28.5 Å². The number of unbranched alkanes of at least 4 members (excludes halogenated alkanes) is 2. The maximum absolute atomic E-state index is 12.3. The van der Waals surface area contributed by atoms with Gasteiger partial charge in [-0.25, -0.2) is 9.59 Å². The van der Waals surface area contributed by atoms with E-state index in [1.807, 2.05) is 13.8 Å². The number of carbonyl (C=O) groups excluding carboxylic acids is 2. The molecule has 0 saturated carbocycles. The van der Waals surface area contributed by atoms with Crippen molar-refractivity contribution in [2.45, 2.75) is 39.5 Å². The predicted octanol–water partition coefficient (Wildman–Crippen LogP) is 3.49. The Balaban J connectivity index is 2.17. The molecule has 0 atom stereocenters. The Bertz CT molecular complexity index is 611. The molecule has 0 amide bonds. The molecule has 1 heterocycles. The molecule has 0 aliphatic carbocycles. The van der Waals surface area contributed by atoms with Gasteiger partial charge in [0.15, 0.2) is 11.5 Å². The van der Waals surface area contributed by atoms with Gasteiger partial charge in [-0.15, -0.1) is 0 Å². The van der Waals surface area contributed by atoms with Gasteiger partial charge in [-0.3, -0.25) is 0 Å². The second-order valence-corrected chi connectivity index (χ2v) is 5.65. The summed E-state index contributed by atoms with van der Waals surface area (Å²) in [6.45, 7) is 4.70. The van der Waals surface area contributed by atoms with E-state index >= 15 is 0 Å². The molecule has 0 saturated heterocycles. The highest BCUT2D eigenvalue weighted by atomic mass is 16.7. The lowest BCUT2D eigenvalue weighted by atomic mass is 10.1. The van der Waals surface area contributed by atoms with Crippen molar-refractivity contribution in [2.75, 3.05) is 20.0 Å². The smallest absolute Gasteiger partial charge is 0.345 e. The van der Waals surface area contributed by atoms with Gasteiger partial charge in [-0.2, -0.15) is 0 Å². The molecule has 1 aromatic rings. The number of rotatable bonds is 9. The lowest BCUT2D eigenvalue weighted by Gasteiger charge is -2.09. The number of carbonyl (C=O) groups is 2. The van der Waals surface area contributed by atoms with E-state index in [0.717, 1.165) is 25.7 Å². The average molecular weight is 348 g/mol. The number of benzene rings is 1. The molecule has 0 fully saturated rings. The molecule has 0 unspecified atom stereocenters. The molecule has 1 aliphatic heterocycles. The second kappa shape index (κ2) is 9.71. The molecule has 0 aromatic heterocycles. The van der Waals surface area contributed by atoms with Gasteiger partial charge in [0.2, 0.25) is 6.79 Å². The Hall–Kier alpha value is -2.50. The highest BCUT2D eigenvalue weighted by Gasteiger charge is 2.22. The van der Waals surface area contributed by atoms with Crippen LogP contribution in [0.3, 0.4) is 0 Å². The third-order valence-corrected chi connectivity index (χ3v) is 3.61. The fraction of sp³-hybridized carbons (Fsp3) is 0.474. The van der Waals surface area contributed by atoms with Crippen molar-refractivity contribution in [3.63, 3.8) is 0 Å². The van der Waals surface area contributed by atoms with Crippen LogP contribution in [0.5, 0.6) is 11.5 Å². The van der Waals surface area contributed by atoms with E-state index in [4.69, 9.17) is 18.9 Å². The maximum Gasteiger partial charge on any atom is 0.345 e. The van der Waals surface area contributed by atoms with Gasteiger partial charge in [0.25, 0.3) is 0 Å². The largest absolute Gasteiger partial charge is 0.462 e. The zero-order chi connectivity index (χ0) is 18.1. The van der Waals surface area contributed by atoms with E-state index < -0.39 is 11.9 Å². The zero-order valence-corrected chi connectivity index (χ0v) is 14.7. The molecule has 136 valence electrons. The first-order valence-electron chi connectivity index (χ1n) is 8.61. The lowest BCUT2D eigenvalue weighted by molar-refractivity contribution is -0.147. The quantitative estimate of drug-likeness (QED) is 0.224. The number of hydrogen-bond acceptors (Lipinski definition) is 6. The average Bonchev–Trinajstić information content (AvgIpc) is 3.07. The minimum Gasteiger partial charge on any atom is -0.462 e. The molecule has 6 heteroatoms. The van der Waals surface area contributed by atoms with Crippen LogP contribution in [0.25, 0.3) is 6.08 Å². The van der Waals surface area contributed by atoms with Crippen molar-refractivity contribution in [3.8, 4) is 11.5 Å². The topological polar surface area (TPSA) is 71.1 Å². The van der Waals surface area contributed by atoms with Crippen molar-refractivity contribution in [1.29, 1.82) is 0 Å². The summed E-state index contributed by atoms with van der Waals surface area (Å²) in [4.78, 5) is 24.6. The van der Waals surface area contributed by atoms with Crippen LogP contribution in [-0.4, -0.2) is 31.9 Å². The highest BCUT2D eigenvalue weighted by molar-refractivity contribution is 6.17. The summed E-state index contributed by atoms with van der Waals surface area (Å²) < 4.78 is 20.9. The first kappa shape index (κ1) is 18.8. The molecular formula is C19H24O6. The summed E-state index contributed by atoms with van der Waals surface area (Å²) in [5, 5.41) is 0. The zero-order valence-electron chi connectivity index (χ0n) is 14.7. The third kappa shape index (κ3) is 5.52. The molecule has 0 radical (unpaired) electrons. The summed E-state index contributed by atoms with van der Waals surface area (Å²) in [5.74, 6) is -0.137. The fourth-order valence-corrected chi connectivity index (χ4v) is 2.14. The van der Waals surface area contributed by atoms with Crippen LogP contribution < -0.4 is 9.47 Å². The fourth-order valence-electron chi connectivity index (χ4n) is 2.14. The number of hydrogen-bond donors (Lipinski definition) is 0. The SMILES string of the molecule is CCCCOC(=O)C(=Cc1ccc2c(c1)OCO2)C(=O)OCCCC. The highest BCUT2D eigenvalue weighted by Crippen LogP contribution is 2.33. The Morgan fingerprint density at radius 2 is 1.60 bits per heavy atom. The van der Waals surface area contributed by atoms with Crippen LogP contribution in [0.15, 0.2) is 23.8 Å². The van der Waals surface area contributed by atoms with E-state index in [9.17, 15) is 9.59 Å². The molecule has 0 spiro atoms. The van der Waals surface area contributed by atoms with Crippen LogP contribution in [0.1, 0.15) is 45.1 Å². The predicted molar refractivity (Wildman–Crippen MR) is 92.3 cm³/mol. The summed E-state index contributed by atoms with van der Waals surface area (Å²) >= 11 is 0. The number of fused-ring (bicyclic) bond motifs is 1. The Morgan fingerprint density at radius 3 is 2.20 bits per heavy atom. The van der Waals surface area contributed by atoms with Crippen LogP contribution in [0, 0.1) is 0 Å². The summed E-state index contributed by atoms with van der Waals surface area (Å²) in [7, 11) is 0.